The number of nitrogens with zero attached hydrogens (tertiary/aromatic N) is 1. The minimum absolute atomic E-state index is 0.143. The molecule has 3 aromatic rings. The van der Waals surface area contributed by atoms with Gasteiger partial charge in [-0.2, -0.15) is 0 Å². The lowest BCUT2D eigenvalue weighted by atomic mass is 10.3. The number of rotatable bonds is 6. The molecule has 0 unspecified atom stereocenters. The molecule has 0 aliphatic rings. The lowest BCUT2D eigenvalue weighted by Gasteiger charge is -2.05. The molecule has 128 valence electrons. The Hall–Kier alpha value is -2.38. The smallest absolute Gasteiger partial charge is 0.321 e. The molecule has 1 N–H and O–H groups in total. The predicted molar refractivity (Wildman–Crippen MR) is 102 cm³/mol. The highest BCUT2D eigenvalue weighted by Crippen LogP contribution is 2.25. The van der Waals surface area contributed by atoms with Crippen LogP contribution in [0, 0.1) is 0 Å². The van der Waals surface area contributed by atoms with E-state index in [1.807, 2.05) is 24.3 Å². The van der Waals surface area contributed by atoms with Gasteiger partial charge in [0.15, 0.2) is 0 Å². The van der Waals surface area contributed by atoms with E-state index < -0.39 is 0 Å². The lowest BCUT2D eigenvalue weighted by Crippen LogP contribution is -2.11. The summed E-state index contributed by atoms with van der Waals surface area (Å²) < 4.78 is 6.43. The molecular formula is C18H16N2O3S2. The quantitative estimate of drug-likeness (QED) is 0.521. The Morgan fingerprint density at radius 1 is 1.16 bits per heavy atom. The molecule has 3 rings (SSSR count). The number of para-hydroxylation sites is 1. The third-order valence-electron chi connectivity index (χ3n) is 3.19. The van der Waals surface area contributed by atoms with Crippen molar-refractivity contribution in [1.82, 2.24) is 4.98 Å². The van der Waals surface area contributed by atoms with Gasteiger partial charge >= 0.3 is 5.97 Å². The van der Waals surface area contributed by atoms with E-state index in [9.17, 15) is 9.59 Å². The van der Waals surface area contributed by atoms with Crippen molar-refractivity contribution in [2.45, 2.75) is 12.7 Å². The number of benzene rings is 2. The number of esters is 1. The maximum atomic E-state index is 11.9. The van der Waals surface area contributed by atoms with E-state index >= 15 is 0 Å². The summed E-state index contributed by atoms with van der Waals surface area (Å²) in [6, 6.07) is 14.7. The van der Waals surface area contributed by atoms with Crippen molar-refractivity contribution in [1.29, 1.82) is 0 Å². The summed E-state index contributed by atoms with van der Waals surface area (Å²) in [4.78, 5) is 27.4. The summed E-state index contributed by atoms with van der Waals surface area (Å²) in [6.07, 6.45) is 0. The third-order valence-corrected chi connectivity index (χ3v) is 5.33. The Balaban J connectivity index is 1.46. The summed E-state index contributed by atoms with van der Waals surface area (Å²) in [5, 5.41) is 3.66. The molecule has 0 atom stereocenters. The first-order valence-electron chi connectivity index (χ1n) is 7.61. The zero-order chi connectivity index (χ0) is 17.6. The van der Waals surface area contributed by atoms with E-state index in [0.717, 1.165) is 15.2 Å². The van der Waals surface area contributed by atoms with Gasteiger partial charge in [0.2, 0.25) is 5.91 Å². The van der Waals surface area contributed by atoms with E-state index in [2.05, 4.69) is 10.3 Å². The van der Waals surface area contributed by atoms with E-state index in [-0.39, 0.29) is 17.6 Å². The highest BCUT2D eigenvalue weighted by Gasteiger charge is 2.08. The number of ether oxygens (including phenoxy) is 1. The number of carbonyl (C=O) groups excluding carboxylic acids is 2. The van der Waals surface area contributed by atoms with Crippen molar-refractivity contribution in [3.63, 3.8) is 0 Å². The van der Waals surface area contributed by atoms with E-state index in [0.29, 0.717) is 17.2 Å². The number of carbonyl (C=O) groups is 2. The number of amides is 1. The van der Waals surface area contributed by atoms with Crippen LogP contribution in [0.15, 0.2) is 48.5 Å². The maximum Gasteiger partial charge on any atom is 0.321 e. The summed E-state index contributed by atoms with van der Waals surface area (Å²) in [6.45, 7) is 1.44. The molecule has 5 nitrogen and oxygen atoms in total. The predicted octanol–water partition coefficient (Wildman–Crippen LogP) is 4.09. The van der Waals surface area contributed by atoms with E-state index in [4.69, 9.17) is 4.74 Å². The van der Waals surface area contributed by atoms with Crippen LogP contribution in [0.4, 0.5) is 5.69 Å². The number of hydrogen-bond acceptors (Lipinski definition) is 6. The molecule has 2 aromatic carbocycles. The number of hydrogen-bond donors (Lipinski definition) is 1. The van der Waals surface area contributed by atoms with Gasteiger partial charge in [0.25, 0.3) is 0 Å². The summed E-state index contributed by atoms with van der Waals surface area (Å²) in [7, 11) is 0. The molecule has 0 saturated carbocycles. The number of thioether (sulfide) groups is 1. The van der Waals surface area contributed by atoms with Gasteiger partial charge in [-0.15, -0.1) is 23.1 Å². The molecule has 7 heteroatoms. The molecule has 1 heterocycles. The van der Waals surface area contributed by atoms with Crippen LogP contribution in [0.1, 0.15) is 11.9 Å². The molecule has 0 bridgehead atoms. The molecule has 0 saturated heterocycles. The van der Waals surface area contributed by atoms with Crippen LogP contribution in [-0.2, 0) is 15.3 Å². The van der Waals surface area contributed by atoms with Gasteiger partial charge in [0.05, 0.1) is 16.0 Å². The summed E-state index contributed by atoms with van der Waals surface area (Å²) in [5.74, 6) is 0.938. The summed E-state index contributed by atoms with van der Waals surface area (Å²) in [5.41, 5.74) is 1.66. The highest BCUT2D eigenvalue weighted by atomic mass is 32.2. The average molecular weight is 372 g/mol. The van der Waals surface area contributed by atoms with Gasteiger partial charge < -0.3 is 10.1 Å². The van der Waals surface area contributed by atoms with Gasteiger partial charge in [-0.05, 0) is 36.4 Å². The van der Waals surface area contributed by atoms with Crippen molar-refractivity contribution < 1.29 is 14.3 Å². The zero-order valence-corrected chi connectivity index (χ0v) is 15.2. The highest BCUT2D eigenvalue weighted by molar-refractivity contribution is 7.99. The van der Waals surface area contributed by atoms with Crippen LogP contribution in [0.3, 0.4) is 0 Å². The fraction of sp³-hybridized carbons (Fsp3) is 0.167. The summed E-state index contributed by atoms with van der Waals surface area (Å²) >= 11 is 3.12. The van der Waals surface area contributed by atoms with Crippen LogP contribution in [0.5, 0.6) is 5.75 Å². The Labute approximate surface area is 153 Å². The molecular weight excluding hydrogens is 356 g/mol. The SMILES string of the molecule is CC(=O)Nc1ccc(OC(=O)CSCc2nc3ccccc3s2)cc1. The van der Waals surface area contributed by atoms with Crippen LogP contribution < -0.4 is 10.1 Å². The van der Waals surface area contributed by atoms with Crippen molar-refractivity contribution in [3.8, 4) is 5.75 Å². The van der Waals surface area contributed by atoms with Gasteiger partial charge in [-0.3, -0.25) is 9.59 Å². The van der Waals surface area contributed by atoms with Gasteiger partial charge in [0, 0.05) is 18.4 Å². The van der Waals surface area contributed by atoms with Gasteiger partial charge in [-0.1, -0.05) is 12.1 Å². The first-order chi connectivity index (χ1) is 12.1. The second kappa shape index (κ2) is 8.13. The lowest BCUT2D eigenvalue weighted by molar-refractivity contribution is -0.131. The largest absolute Gasteiger partial charge is 0.426 e. The first kappa shape index (κ1) is 17.4. The monoisotopic (exact) mass is 372 g/mol. The fourth-order valence-corrected chi connectivity index (χ4v) is 3.99. The Kier molecular flexibility index (Phi) is 5.67. The second-order valence-electron chi connectivity index (χ2n) is 5.25. The number of aromatic nitrogens is 1. The van der Waals surface area contributed by atoms with E-state index in [1.165, 1.54) is 18.7 Å². The van der Waals surface area contributed by atoms with Crippen LogP contribution >= 0.6 is 23.1 Å². The molecule has 0 fully saturated rings. The second-order valence-corrected chi connectivity index (χ2v) is 7.35. The van der Waals surface area contributed by atoms with Crippen LogP contribution in [-0.4, -0.2) is 22.6 Å². The Bertz CT molecular complexity index is 858. The minimum atomic E-state index is -0.307. The van der Waals surface area contributed by atoms with Gasteiger partial charge in [0.1, 0.15) is 10.8 Å². The average Bonchev–Trinajstić information content (AvgIpc) is 2.99. The van der Waals surface area contributed by atoms with Gasteiger partial charge in [-0.25, -0.2) is 4.98 Å². The molecule has 0 aliphatic carbocycles. The molecule has 25 heavy (non-hydrogen) atoms. The molecule has 0 aliphatic heterocycles. The zero-order valence-electron chi connectivity index (χ0n) is 13.5. The van der Waals surface area contributed by atoms with Crippen LogP contribution in [0.2, 0.25) is 0 Å². The first-order valence-corrected chi connectivity index (χ1v) is 9.58. The third kappa shape index (κ3) is 5.04. The number of fused-ring (bicyclic) bond motifs is 1. The molecule has 0 radical (unpaired) electrons. The van der Waals surface area contributed by atoms with Crippen molar-refractivity contribution in [2.24, 2.45) is 0 Å². The number of anilines is 1. The van der Waals surface area contributed by atoms with Crippen molar-refractivity contribution in [2.75, 3.05) is 11.1 Å². The Morgan fingerprint density at radius 3 is 2.64 bits per heavy atom. The van der Waals surface area contributed by atoms with E-state index in [1.54, 1.807) is 35.6 Å². The topological polar surface area (TPSA) is 68.3 Å². The number of nitrogens with one attached hydrogen (secondary N) is 1. The molecule has 1 amide bonds. The standard InChI is InChI=1S/C18H16N2O3S2/c1-12(21)19-13-6-8-14(9-7-13)23-18(22)11-24-10-17-20-15-4-2-3-5-16(15)25-17/h2-9H,10-11H2,1H3,(H,19,21). The van der Waals surface area contributed by atoms with Crippen molar-refractivity contribution >= 4 is 50.9 Å². The number of thiazole rings is 1. The normalized spacial score (nSPS) is 10.6. The van der Waals surface area contributed by atoms with Crippen molar-refractivity contribution in [3.05, 3.63) is 53.5 Å². The minimum Gasteiger partial charge on any atom is -0.426 e. The van der Waals surface area contributed by atoms with Crippen LogP contribution in [0.25, 0.3) is 10.2 Å². The Morgan fingerprint density at radius 2 is 1.92 bits per heavy atom. The fourth-order valence-electron chi connectivity index (χ4n) is 2.17. The maximum absolute atomic E-state index is 11.9. The molecule has 1 aromatic heterocycles. The molecule has 0 spiro atoms.